The van der Waals surface area contributed by atoms with Gasteiger partial charge in [0, 0.05) is 40.9 Å². The number of nitrogens with one attached hydrogen (secondary N) is 3. The van der Waals surface area contributed by atoms with Crippen LogP contribution in [0.2, 0.25) is 5.02 Å². The number of nitrogens with zero attached hydrogens (tertiary/aromatic N) is 5. The number of hydrogen-bond donors (Lipinski definition) is 5. The van der Waals surface area contributed by atoms with Gasteiger partial charge in [-0.25, -0.2) is 15.0 Å². The number of carbonyl (C=O) groups excluding carboxylic acids is 1. The van der Waals surface area contributed by atoms with Crippen molar-refractivity contribution in [3.8, 4) is 11.4 Å². The largest absolute Gasteiger partial charge is 0.387 e. The number of fused-ring (bicyclic) bond motifs is 1. The topological polar surface area (TPSA) is 163 Å². The second kappa shape index (κ2) is 8.99. The summed E-state index contributed by atoms with van der Waals surface area (Å²) in [4.78, 5) is 33.0. The Morgan fingerprint density at radius 3 is 3.00 bits per heavy atom. The number of aromatic nitrogens is 6. The molecule has 5 rings (SSSR count). The average molecular weight is 488 g/mol. The van der Waals surface area contributed by atoms with Crippen molar-refractivity contribution in [3.63, 3.8) is 0 Å². The van der Waals surface area contributed by atoms with Crippen LogP contribution in [0.1, 0.15) is 16.0 Å². The van der Waals surface area contributed by atoms with E-state index in [0.717, 1.165) is 5.69 Å². The number of carbonyl (C=O) groups is 1. The number of aromatic amines is 1. The summed E-state index contributed by atoms with van der Waals surface area (Å²) in [5.41, 5.74) is 1.93. The molecule has 1 amide bonds. The maximum absolute atomic E-state index is 12.4. The monoisotopic (exact) mass is 487 g/mol. The van der Waals surface area contributed by atoms with Crippen molar-refractivity contribution in [2.24, 2.45) is 0 Å². The van der Waals surface area contributed by atoms with Crippen LogP contribution < -0.4 is 10.6 Å². The highest BCUT2D eigenvalue weighted by Crippen LogP contribution is 2.33. The number of imidazole rings is 1. The molecule has 0 aliphatic carbocycles. The average Bonchev–Trinajstić information content (AvgIpc) is 3.57. The highest BCUT2D eigenvalue weighted by atomic mass is 35.5. The molecule has 0 aromatic carbocycles. The lowest BCUT2D eigenvalue weighted by Gasteiger charge is -2.17. The Balaban J connectivity index is 1.54. The standard InChI is InChI=1S/C21H21ClN8O4/c1-23-20(33)16-14(31)15(32)21(34-16)30-9-27-13-18(26-8-12-3-2-4-25-12)28-17(29-19(13)30)10-5-11(22)7-24-6-10/h2-7,9,14-16,21,25,31-32H,8H2,1H3,(H,23,33)(H,26,28,29)/t14-,15+,16-,21+/m0/s1/i1D3. The van der Waals surface area contributed by atoms with Crippen LogP contribution >= 0.6 is 11.6 Å². The molecule has 0 saturated carbocycles. The van der Waals surface area contributed by atoms with Gasteiger partial charge in [-0.1, -0.05) is 11.6 Å². The molecule has 176 valence electrons. The molecule has 1 aliphatic heterocycles. The summed E-state index contributed by atoms with van der Waals surface area (Å²) in [6, 6.07) is 5.37. The lowest BCUT2D eigenvalue weighted by molar-refractivity contribution is -0.137. The van der Waals surface area contributed by atoms with Gasteiger partial charge in [0.25, 0.3) is 5.91 Å². The summed E-state index contributed by atoms with van der Waals surface area (Å²) < 4.78 is 28.6. The molecule has 4 aromatic rings. The second-order valence-electron chi connectivity index (χ2n) is 7.58. The Hall–Kier alpha value is -3.58. The van der Waals surface area contributed by atoms with Crippen molar-refractivity contribution in [3.05, 3.63) is 53.8 Å². The van der Waals surface area contributed by atoms with E-state index in [0.29, 0.717) is 28.5 Å². The van der Waals surface area contributed by atoms with Gasteiger partial charge in [0.2, 0.25) is 0 Å². The molecule has 0 unspecified atom stereocenters. The van der Waals surface area contributed by atoms with Gasteiger partial charge in [-0.15, -0.1) is 0 Å². The van der Waals surface area contributed by atoms with Crippen LogP contribution in [0.5, 0.6) is 0 Å². The SMILES string of the molecule is [2H]C([2H])([2H])NC(=O)[C@H]1O[C@@H](n2cnc3c(NCc4ccc[nH]4)nc(-c4cncc(Cl)c4)nc32)[C@H](O)[C@@H]1O. The van der Waals surface area contributed by atoms with Gasteiger partial charge in [0.1, 0.15) is 12.2 Å². The van der Waals surface area contributed by atoms with Gasteiger partial charge >= 0.3 is 0 Å². The fraction of sp³-hybridized carbons (Fsp3) is 0.286. The second-order valence-corrected chi connectivity index (χ2v) is 8.01. The van der Waals surface area contributed by atoms with Crippen LogP contribution in [0.3, 0.4) is 0 Å². The van der Waals surface area contributed by atoms with Gasteiger partial charge in [-0.3, -0.25) is 14.3 Å². The van der Waals surface area contributed by atoms with Crippen LogP contribution in [0.25, 0.3) is 22.6 Å². The molecule has 34 heavy (non-hydrogen) atoms. The van der Waals surface area contributed by atoms with E-state index in [4.69, 9.17) is 20.5 Å². The van der Waals surface area contributed by atoms with Crippen LogP contribution in [-0.4, -0.2) is 70.9 Å². The maximum atomic E-state index is 12.4. The molecular weight excluding hydrogens is 464 g/mol. The molecule has 1 fully saturated rings. The molecular formula is C21H21ClN8O4. The van der Waals surface area contributed by atoms with Crippen LogP contribution in [0.4, 0.5) is 5.82 Å². The molecule has 0 radical (unpaired) electrons. The van der Waals surface area contributed by atoms with Gasteiger partial charge in [0.05, 0.1) is 17.9 Å². The normalized spacial score (nSPS) is 23.9. The summed E-state index contributed by atoms with van der Waals surface area (Å²) >= 11 is 6.11. The Kier molecular flexibility index (Phi) is 4.97. The number of anilines is 1. The molecule has 5 heterocycles. The molecule has 0 bridgehead atoms. The molecule has 5 N–H and O–H groups in total. The first kappa shape index (κ1) is 18.8. The zero-order chi connectivity index (χ0) is 26.3. The molecule has 4 aromatic heterocycles. The fourth-order valence-corrected chi connectivity index (χ4v) is 3.90. The Labute approximate surface area is 202 Å². The smallest absolute Gasteiger partial charge is 0.251 e. The van der Waals surface area contributed by atoms with E-state index in [2.05, 4.69) is 30.2 Å². The first-order valence-corrected chi connectivity index (χ1v) is 10.5. The predicted molar refractivity (Wildman–Crippen MR) is 122 cm³/mol. The van der Waals surface area contributed by atoms with Gasteiger partial charge < -0.3 is 30.6 Å². The van der Waals surface area contributed by atoms with Crippen molar-refractivity contribution >= 4 is 34.5 Å². The number of H-pyrrole nitrogens is 1. The number of pyridine rings is 1. The number of aliphatic hydroxyl groups is 2. The number of aliphatic hydroxyl groups excluding tert-OH is 2. The quantitative estimate of drug-likeness (QED) is 0.265. The predicted octanol–water partition coefficient (Wildman–Crippen LogP) is 0.847. The zero-order valence-electron chi connectivity index (χ0n) is 20.4. The highest BCUT2D eigenvalue weighted by molar-refractivity contribution is 6.30. The lowest BCUT2D eigenvalue weighted by Crippen LogP contribution is -2.41. The number of rotatable bonds is 6. The summed E-state index contributed by atoms with van der Waals surface area (Å²) in [7, 11) is 0. The van der Waals surface area contributed by atoms with E-state index >= 15 is 0 Å². The molecule has 12 nitrogen and oxygen atoms in total. The van der Waals surface area contributed by atoms with Crippen molar-refractivity contribution < 1.29 is 23.9 Å². The molecule has 13 heteroatoms. The summed E-state index contributed by atoms with van der Waals surface area (Å²) in [5.74, 6) is -0.492. The van der Waals surface area contributed by atoms with Crippen molar-refractivity contribution in [1.29, 1.82) is 0 Å². The summed E-state index contributed by atoms with van der Waals surface area (Å²) in [6.07, 6.45) is -0.127. The van der Waals surface area contributed by atoms with E-state index in [-0.39, 0.29) is 11.5 Å². The molecule has 0 spiro atoms. The Bertz CT molecular complexity index is 1430. The molecule has 1 aliphatic rings. The lowest BCUT2D eigenvalue weighted by atomic mass is 10.1. The molecule has 4 atom stereocenters. The zero-order valence-corrected chi connectivity index (χ0v) is 18.1. The Morgan fingerprint density at radius 1 is 1.35 bits per heavy atom. The third-order valence-corrected chi connectivity index (χ3v) is 5.59. The van der Waals surface area contributed by atoms with Crippen molar-refractivity contribution in [2.75, 3.05) is 12.3 Å². The first-order chi connectivity index (χ1) is 17.6. The number of ether oxygens (including phenoxy) is 1. The van der Waals surface area contributed by atoms with E-state index < -0.39 is 37.4 Å². The Morgan fingerprint density at radius 2 is 2.24 bits per heavy atom. The third kappa shape index (κ3) is 3.96. The van der Waals surface area contributed by atoms with Crippen LogP contribution in [0, 0.1) is 0 Å². The van der Waals surface area contributed by atoms with E-state index in [9.17, 15) is 15.0 Å². The number of amides is 1. The minimum atomic E-state index is -2.79. The van der Waals surface area contributed by atoms with Gasteiger partial charge in [-0.2, -0.15) is 0 Å². The van der Waals surface area contributed by atoms with Gasteiger partial charge in [-0.05, 0) is 18.2 Å². The number of hydrogen-bond acceptors (Lipinski definition) is 9. The number of likely N-dealkylation sites (N-methyl/N-ethyl adjacent to an activating group) is 1. The minimum Gasteiger partial charge on any atom is -0.387 e. The van der Waals surface area contributed by atoms with Crippen molar-refractivity contribution in [2.45, 2.75) is 31.1 Å². The molecule has 1 saturated heterocycles. The fourth-order valence-electron chi connectivity index (χ4n) is 3.72. The van der Waals surface area contributed by atoms with Crippen LogP contribution in [-0.2, 0) is 16.1 Å². The summed E-state index contributed by atoms with van der Waals surface area (Å²) in [6.45, 7) is -2.41. The minimum absolute atomic E-state index is 0.215. The first-order valence-electron chi connectivity index (χ1n) is 11.7. The highest BCUT2D eigenvalue weighted by Gasteiger charge is 2.47. The summed E-state index contributed by atoms with van der Waals surface area (Å²) in [5, 5.41) is 26.5. The van der Waals surface area contributed by atoms with Gasteiger partial charge in [0.15, 0.2) is 35.1 Å². The third-order valence-electron chi connectivity index (χ3n) is 5.39. The maximum Gasteiger partial charge on any atom is 0.251 e. The number of halogens is 1. The van der Waals surface area contributed by atoms with Crippen LogP contribution in [0.15, 0.2) is 43.1 Å². The van der Waals surface area contributed by atoms with E-state index in [1.54, 1.807) is 17.6 Å². The van der Waals surface area contributed by atoms with Crippen molar-refractivity contribution in [1.82, 2.24) is 34.8 Å². The van der Waals surface area contributed by atoms with E-state index in [1.807, 2.05) is 12.1 Å². The van der Waals surface area contributed by atoms with E-state index in [1.165, 1.54) is 23.3 Å².